The summed E-state index contributed by atoms with van der Waals surface area (Å²) in [6, 6.07) is -1.16. The molecule has 1 aliphatic heterocycles. The fraction of sp³-hybridized carbons (Fsp3) is 0.938. The Bertz CT molecular complexity index is 985. The number of hydrogen-bond donors (Lipinski definition) is 8. The van der Waals surface area contributed by atoms with E-state index in [9.17, 15) is 40.5 Å². The highest BCUT2D eigenvalue weighted by Gasteiger charge is 2.44. The molecule has 11 nitrogen and oxygen atoms in total. The first kappa shape index (κ1) is 55.9. The van der Waals surface area contributed by atoms with Crippen molar-refractivity contribution in [3.05, 3.63) is 12.2 Å². The first-order valence-corrected chi connectivity index (χ1v) is 24.5. The lowest BCUT2D eigenvalue weighted by Crippen LogP contribution is -2.60. The average Bonchev–Trinajstić information content (AvgIpc) is 3.24. The Morgan fingerprint density at radius 3 is 1.58 bits per heavy atom. The molecule has 1 fully saturated rings. The molecule has 0 aliphatic carbocycles. The van der Waals surface area contributed by atoms with Gasteiger partial charge < -0.3 is 50.5 Å². The van der Waals surface area contributed by atoms with E-state index in [-0.39, 0.29) is 6.42 Å². The number of unbranched alkanes of at least 4 members (excludes halogenated alkanes) is 23. The summed E-state index contributed by atoms with van der Waals surface area (Å²) in [5, 5.41) is 75.7. The van der Waals surface area contributed by atoms with Crippen LogP contribution in [0.25, 0.3) is 0 Å². The molecule has 0 aromatic heterocycles. The molecule has 1 heterocycles. The number of aliphatic hydroxyl groups excluding tert-OH is 7. The second kappa shape index (κ2) is 37.4. The van der Waals surface area contributed by atoms with Crippen LogP contribution in [0.2, 0.25) is 0 Å². The number of aliphatic hydroxyl groups is 7. The molecule has 1 aliphatic rings. The van der Waals surface area contributed by atoms with Crippen LogP contribution in [0, 0.1) is 5.92 Å². The van der Waals surface area contributed by atoms with E-state index >= 15 is 0 Å². The van der Waals surface area contributed by atoms with E-state index < -0.39 is 74.2 Å². The molecule has 0 bridgehead atoms. The largest absolute Gasteiger partial charge is 0.394 e. The lowest BCUT2D eigenvalue weighted by atomic mass is 9.98. The minimum absolute atomic E-state index is 0.261. The fourth-order valence-electron chi connectivity index (χ4n) is 7.88. The first-order valence-electron chi connectivity index (χ1n) is 24.5. The van der Waals surface area contributed by atoms with Crippen molar-refractivity contribution in [2.24, 2.45) is 5.92 Å². The van der Waals surface area contributed by atoms with E-state index in [1.54, 1.807) is 0 Å². The molecule has 0 aromatic carbocycles. The van der Waals surface area contributed by atoms with Crippen LogP contribution in [0.5, 0.6) is 0 Å². The summed E-state index contributed by atoms with van der Waals surface area (Å²) < 4.78 is 11.1. The van der Waals surface area contributed by atoms with Crippen LogP contribution in [0.1, 0.15) is 213 Å². The second-order valence-corrected chi connectivity index (χ2v) is 17.8. The number of carbonyl (C=O) groups excluding carboxylic acids is 1. The van der Waals surface area contributed by atoms with Crippen LogP contribution in [-0.4, -0.2) is 110 Å². The predicted octanol–water partition coefficient (Wildman–Crippen LogP) is 8.31. The molecule has 1 saturated heterocycles. The quantitative estimate of drug-likeness (QED) is 0.0220. The summed E-state index contributed by atoms with van der Waals surface area (Å²) in [6.45, 7) is 5.73. The third kappa shape index (κ3) is 27.5. The van der Waals surface area contributed by atoms with Crippen LogP contribution in [-0.2, 0) is 14.3 Å². The molecule has 0 spiro atoms. The zero-order valence-electron chi connectivity index (χ0n) is 37.9. The molecule has 10 atom stereocenters. The lowest BCUT2D eigenvalue weighted by Gasteiger charge is -2.40. The van der Waals surface area contributed by atoms with Crippen molar-refractivity contribution in [2.75, 3.05) is 13.2 Å². The summed E-state index contributed by atoms with van der Waals surface area (Å²) in [6.07, 6.45) is 27.0. The van der Waals surface area contributed by atoms with Crippen LogP contribution in [0.3, 0.4) is 0 Å². The van der Waals surface area contributed by atoms with E-state index in [1.165, 1.54) is 128 Å². The van der Waals surface area contributed by atoms with Crippen molar-refractivity contribution >= 4 is 5.91 Å². The third-order valence-electron chi connectivity index (χ3n) is 12.4. The van der Waals surface area contributed by atoms with Crippen molar-refractivity contribution in [3.63, 3.8) is 0 Å². The van der Waals surface area contributed by atoms with Crippen LogP contribution < -0.4 is 5.32 Å². The van der Waals surface area contributed by atoms with E-state index in [1.807, 2.05) is 0 Å². The van der Waals surface area contributed by atoms with Crippen molar-refractivity contribution in [1.29, 1.82) is 0 Å². The van der Waals surface area contributed by atoms with Crippen LogP contribution in [0.4, 0.5) is 0 Å². The number of amides is 1. The van der Waals surface area contributed by atoms with Gasteiger partial charge in [-0.3, -0.25) is 4.79 Å². The maximum atomic E-state index is 13.1. The Morgan fingerprint density at radius 1 is 0.627 bits per heavy atom. The summed E-state index contributed by atoms with van der Waals surface area (Å²) in [7, 11) is 0. The van der Waals surface area contributed by atoms with Crippen molar-refractivity contribution in [1.82, 2.24) is 5.32 Å². The van der Waals surface area contributed by atoms with Gasteiger partial charge in [-0.2, -0.15) is 0 Å². The van der Waals surface area contributed by atoms with Crippen molar-refractivity contribution < 1.29 is 50.0 Å². The number of carbonyl (C=O) groups is 1. The predicted molar refractivity (Wildman–Crippen MR) is 238 cm³/mol. The standard InChI is InChI=1S/C48H93NO10/c1-4-6-7-8-9-10-11-12-13-14-15-16-17-18-19-20-21-22-25-29-32-35-41(52)47(57)49-39(37-58-48-46(56)45(55)44(54)42(36-50)59-48)43(53)40(51)34-31-28-26-23-24-27-30-33-38(3)5-2/h11-12,38-46,48,50-56H,4-10,13-37H2,1-3H3,(H,49,57)/b12-11-/t38?,39-,40+,41+,42+,43-,44+,45-,46+,48+/m0/s1. The Balaban J connectivity index is 2.37. The number of rotatable bonds is 40. The molecule has 1 rings (SSSR count). The SMILES string of the molecule is CCCCCCC/C=C\CCCCCCCCCCCCCC[C@@H](O)C(=O)N[C@@H](CO[C@@H]1O[C@H](CO)[C@@H](O)[C@H](O)[C@H]1O)[C@H](O)[C@H](O)CCCCCCCCCC(C)CC. The average molecular weight is 844 g/mol. The number of hydrogen-bond acceptors (Lipinski definition) is 10. The summed E-state index contributed by atoms with van der Waals surface area (Å²) in [4.78, 5) is 13.1. The molecule has 59 heavy (non-hydrogen) atoms. The highest BCUT2D eigenvalue weighted by atomic mass is 16.7. The number of ether oxygens (including phenoxy) is 2. The van der Waals surface area contributed by atoms with E-state index in [0.717, 1.165) is 44.4 Å². The summed E-state index contributed by atoms with van der Waals surface area (Å²) in [5.41, 5.74) is 0. The first-order chi connectivity index (χ1) is 28.6. The molecule has 350 valence electrons. The van der Waals surface area contributed by atoms with Gasteiger partial charge in [0.1, 0.15) is 36.6 Å². The van der Waals surface area contributed by atoms with Crippen LogP contribution in [0.15, 0.2) is 12.2 Å². The molecular formula is C48H93NO10. The molecule has 8 N–H and O–H groups in total. The Kier molecular flexibility index (Phi) is 35.4. The van der Waals surface area contributed by atoms with Gasteiger partial charge in [0.05, 0.1) is 25.4 Å². The van der Waals surface area contributed by atoms with Gasteiger partial charge in [0.15, 0.2) is 6.29 Å². The monoisotopic (exact) mass is 844 g/mol. The minimum Gasteiger partial charge on any atom is -0.394 e. The Labute approximate surface area is 360 Å². The van der Waals surface area contributed by atoms with Crippen molar-refractivity contribution in [3.8, 4) is 0 Å². The molecule has 1 unspecified atom stereocenters. The van der Waals surface area contributed by atoms with E-state index in [0.29, 0.717) is 19.3 Å². The second-order valence-electron chi connectivity index (χ2n) is 17.8. The van der Waals surface area contributed by atoms with Crippen LogP contribution >= 0.6 is 0 Å². The van der Waals surface area contributed by atoms with Crippen molar-refractivity contribution in [2.45, 2.75) is 268 Å². The zero-order valence-corrected chi connectivity index (χ0v) is 37.9. The Hall–Kier alpha value is -1.15. The Morgan fingerprint density at radius 2 is 1.08 bits per heavy atom. The zero-order chi connectivity index (χ0) is 43.5. The minimum atomic E-state index is -1.66. The maximum absolute atomic E-state index is 13.1. The van der Waals surface area contributed by atoms with E-state index in [4.69, 9.17) is 9.47 Å². The van der Waals surface area contributed by atoms with Gasteiger partial charge in [-0.25, -0.2) is 0 Å². The molecule has 0 saturated carbocycles. The highest BCUT2D eigenvalue weighted by molar-refractivity contribution is 5.80. The molecule has 0 radical (unpaired) electrons. The van der Waals surface area contributed by atoms with Gasteiger partial charge in [-0.05, 0) is 44.4 Å². The normalized spacial score (nSPS) is 22.4. The lowest BCUT2D eigenvalue weighted by molar-refractivity contribution is -0.303. The van der Waals surface area contributed by atoms with Gasteiger partial charge in [0.2, 0.25) is 5.91 Å². The summed E-state index contributed by atoms with van der Waals surface area (Å²) >= 11 is 0. The molecule has 1 amide bonds. The number of allylic oxidation sites excluding steroid dienone is 2. The molecular weight excluding hydrogens is 751 g/mol. The van der Waals surface area contributed by atoms with Gasteiger partial charge in [0.25, 0.3) is 0 Å². The van der Waals surface area contributed by atoms with Gasteiger partial charge in [0, 0.05) is 0 Å². The topological polar surface area (TPSA) is 189 Å². The molecule has 11 heteroatoms. The number of nitrogens with one attached hydrogen (secondary N) is 1. The molecule has 0 aromatic rings. The smallest absolute Gasteiger partial charge is 0.249 e. The maximum Gasteiger partial charge on any atom is 0.249 e. The highest BCUT2D eigenvalue weighted by Crippen LogP contribution is 2.23. The van der Waals surface area contributed by atoms with Gasteiger partial charge >= 0.3 is 0 Å². The van der Waals surface area contributed by atoms with Gasteiger partial charge in [-0.1, -0.05) is 187 Å². The van der Waals surface area contributed by atoms with Gasteiger partial charge in [-0.15, -0.1) is 0 Å². The summed E-state index contributed by atoms with van der Waals surface area (Å²) in [5.74, 6) is 0.0797. The fourth-order valence-corrected chi connectivity index (χ4v) is 7.88. The van der Waals surface area contributed by atoms with E-state index in [2.05, 4.69) is 38.2 Å². The third-order valence-corrected chi connectivity index (χ3v) is 12.4.